The Bertz CT molecular complexity index is 1670. The molecule has 0 unspecified atom stereocenters. The zero-order chi connectivity index (χ0) is 25.7. The Morgan fingerprint density at radius 2 is 1.75 bits per heavy atom. The number of benzene rings is 2. The van der Waals surface area contributed by atoms with E-state index in [1.54, 1.807) is 24.0 Å². The smallest absolute Gasteiger partial charge is 0.333 e. The van der Waals surface area contributed by atoms with Crippen LogP contribution in [0.4, 0.5) is 13.2 Å². The first-order chi connectivity index (χ1) is 17.0. The van der Waals surface area contributed by atoms with E-state index in [0.717, 1.165) is 12.1 Å². The molecule has 0 atom stereocenters. The number of rotatable bonds is 5. The molecule has 0 bridgehead atoms. The summed E-state index contributed by atoms with van der Waals surface area (Å²) in [6.07, 6.45) is 0.254. The summed E-state index contributed by atoms with van der Waals surface area (Å²) < 4.78 is 70.3. The normalized spacial score (nSPS) is 12.2. The predicted molar refractivity (Wildman–Crippen MR) is 121 cm³/mol. The van der Waals surface area contributed by atoms with Gasteiger partial charge in [0.1, 0.15) is 0 Å². The number of nitrogens with zero attached hydrogens (tertiary/aromatic N) is 6. The second-order valence-corrected chi connectivity index (χ2v) is 9.31. The van der Waals surface area contributed by atoms with Crippen LogP contribution in [-0.2, 0) is 23.2 Å². The van der Waals surface area contributed by atoms with E-state index in [9.17, 15) is 21.6 Å². The largest absolute Gasteiger partial charge is 0.416 e. The molecule has 10 nitrogen and oxygen atoms in total. The van der Waals surface area contributed by atoms with Gasteiger partial charge in [0.05, 0.1) is 39.8 Å². The lowest BCUT2D eigenvalue weighted by molar-refractivity contribution is -0.137. The molecule has 14 heteroatoms. The third-order valence-electron chi connectivity index (χ3n) is 5.33. The van der Waals surface area contributed by atoms with Gasteiger partial charge in [-0.2, -0.15) is 28.4 Å². The lowest BCUT2D eigenvalue weighted by Crippen LogP contribution is -2.11. The van der Waals surface area contributed by atoms with E-state index < -0.39 is 21.8 Å². The molecule has 0 radical (unpaired) electrons. The number of alkyl halides is 3. The van der Waals surface area contributed by atoms with E-state index in [1.165, 1.54) is 47.4 Å². The van der Waals surface area contributed by atoms with Crippen molar-refractivity contribution in [3.63, 3.8) is 0 Å². The first kappa shape index (κ1) is 23.4. The summed E-state index contributed by atoms with van der Waals surface area (Å²) >= 11 is 0. The average Bonchev–Trinajstić information content (AvgIpc) is 3.57. The summed E-state index contributed by atoms with van der Waals surface area (Å²) in [5.41, 5.74) is 1.72. The van der Waals surface area contributed by atoms with E-state index in [1.807, 2.05) is 0 Å². The number of aromatic nitrogens is 6. The van der Waals surface area contributed by atoms with Gasteiger partial charge in [-0.3, -0.25) is 4.68 Å². The van der Waals surface area contributed by atoms with Gasteiger partial charge < -0.3 is 4.52 Å². The zero-order valence-electron chi connectivity index (χ0n) is 18.4. The molecule has 3 heterocycles. The number of nitrogens with two attached hydrogens (primary N) is 1. The quantitative estimate of drug-likeness (QED) is 0.377. The van der Waals surface area contributed by atoms with Gasteiger partial charge in [0, 0.05) is 24.4 Å². The van der Waals surface area contributed by atoms with Gasteiger partial charge in [-0.25, -0.2) is 18.2 Å². The average molecular weight is 515 g/mol. The zero-order valence-corrected chi connectivity index (χ0v) is 19.2. The summed E-state index contributed by atoms with van der Waals surface area (Å²) in [5, 5.41) is 17.6. The summed E-state index contributed by atoms with van der Waals surface area (Å²) in [4.78, 5) is 4.28. The number of sulfonamides is 1. The van der Waals surface area contributed by atoms with Gasteiger partial charge in [0.15, 0.2) is 0 Å². The fourth-order valence-electron chi connectivity index (χ4n) is 3.59. The Balaban J connectivity index is 1.48. The third kappa shape index (κ3) is 4.38. The number of primary sulfonamides is 1. The molecule has 2 aromatic carbocycles. The van der Waals surface area contributed by atoms with Gasteiger partial charge in [-0.05, 0) is 36.4 Å². The molecule has 2 N–H and O–H groups in total. The molecule has 184 valence electrons. The van der Waals surface area contributed by atoms with Gasteiger partial charge >= 0.3 is 6.18 Å². The number of hydrogen-bond acceptors (Lipinski definition) is 7. The van der Waals surface area contributed by atoms with Crippen LogP contribution in [0.2, 0.25) is 0 Å². The van der Waals surface area contributed by atoms with E-state index in [-0.39, 0.29) is 16.6 Å². The molecule has 0 spiro atoms. The third-order valence-corrected chi connectivity index (χ3v) is 6.24. The molecule has 3 aromatic heterocycles. The van der Waals surface area contributed by atoms with Crippen LogP contribution in [0.3, 0.4) is 0 Å². The maximum absolute atomic E-state index is 12.9. The topological polar surface area (TPSA) is 135 Å². The first-order valence-electron chi connectivity index (χ1n) is 10.2. The van der Waals surface area contributed by atoms with Crippen molar-refractivity contribution < 1.29 is 26.1 Å². The molecule has 0 aliphatic carbocycles. The van der Waals surface area contributed by atoms with Crippen LogP contribution in [0.1, 0.15) is 5.56 Å². The molecule has 0 aliphatic heterocycles. The van der Waals surface area contributed by atoms with Gasteiger partial charge in [-0.15, -0.1) is 0 Å². The van der Waals surface area contributed by atoms with Crippen molar-refractivity contribution >= 4 is 10.0 Å². The van der Waals surface area contributed by atoms with Crippen LogP contribution in [0, 0.1) is 0 Å². The second-order valence-electron chi connectivity index (χ2n) is 7.74. The van der Waals surface area contributed by atoms with Crippen molar-refractivity contribution in [1.29, 1.82) is 0 Å². The van der Waals surface area contributed by atoms with Crippen LogP contribution >= 0.6 is 0 Å². The number of halogens is 3. The fourth-order valence-corrected chi connectivity index (χ4v) is 4.15. The molecule has 0 amide bonds. The number of hydrogen-bond donors (Lipinski definition) is 1. The highest BCUT2D eigenvalue weighted by molar-refractivity contribution is 7.89. The van der Waals surface area contributed by atoms with E-state index in [2.05, 4.69) is 20.3 Å². The summed E-state index contributed by atoms with van der Waals surface area (Å²) in [6, 6.07) is 10.4. The molecule has 0 saturated carbocycles. The van der Waals surface area contributed by atoms with Gasteiger partial charge in [0.2, 0.25) is 15.8 Å². The molecular formula is C22H16F3N7O3S. The first-order valence-corrected chi connectivity index (χ1v) is 11.8. The maximum atomic E-state index is 12.9. The lowest BCUT2D eigenvalue weighted by atomic mass is 10.1. The molecular weight excluding hydrogens is 499 g/mol. The monoisotopic (exact) mass is 515 g/mol. The van der Waals surface area contributed by atoms with Crippen LogP contribution in [0.25, 0.3) is 39.8 Å². The standard InChI is InChI=1S/C22H16F3N7O3S/c1-31-19(14-10-28-32(12-14)16-7-5-15(6-8-16)22(23,24)25)18(11-27-31)21-29-20(30-35-21)13-3-2-4-17(9-13)36(26,33)34/h2-12H,1H3,(H2,26,33,34). The van der Waals surface area contributed by atoms with Crippen molar-refractivity contribution in [2.24, 2.45) is 12.2 Å². The molecule has 0 aliphatic rings. The minimum Gasteiger partial charge on any atom is -0.333 e. The van der Waals surface area contributed by atoms with Crippen molar-refractivity contribution in [3.05, 3.63) is 72.7 Å². The molecule has 0 saturated heterocycles. The lowest BCUT2D eigenvalue weighted by Gasteiger charge is -2.07. The SMILES string of the molecule is Cn1ncc(-c2nc(-c3cccc(S(N)(=O)=O)c3)no2)c1-c1cnn(-c2ccc(C(F)(F)F)cc2)c1. The van der Waals surface area contributed by atoms with Crippen molar-refractivity contribution in [1.82, 2.24) is 29.7 Å². The van der Waals surface area contributed by atoms with E-state index >= 15 is 0 Å². The van der Waals surface area contributed by atoms with E-state index in [0.29, 0.717) is 28.1 Å². The number of aryl methyl sites for hydroxylation is 1. The minimum atomic E-state index is -4.43. The summed E-state index contributed by atoms with van der Waals surface area (Å²) in [7, 11) is -2.22. The van der Waals surface area contributed by atoms with Crippen LogP contribution in [-0.4, -0.2) is 38.1 Å². The minimum absolute atomic E-state index is 0.0934. The van der Waals surface area contributed by atoms with Crippen molar-refractivity contribution in [2.75, 3.05) is 0 Å². The summed E-state index contributed by atoms with van der Waals surface area (Å²) in [6.45, 7) is 0. The van der Waals surface area contributed by atoms with Crippen LogP contribution < -0.4 is 5.14 Å². The Labute approximate surface area is 201 Å². The maximum Gasteiger partial charge on any atom is 0.416 e. The predicted octanol–water partition coefficient (Wildman–Crippen LogP) is 3.66. The highest BCUT2D eigenvalue weighted by Crippen LogP contribution is 2.33. The van der Waals surface area contributed by atoms with Gasteiger partial charge in [0.25, 0.3) is 5.89 Å². The molecule has 0 fully saturated rings. The fraction of sp³-hybridized carbons (Fsp3) is 0.0909. The molecule has 5 rings (SSSR count). The Morgan fingerprint density at radius 3 is 2.44 bits per heavy atom. The van der Waals surface area contributed by atoms with Crippen molar-refractivity contribution in [3.8, 4) is 39.8 Å². The Morgan fingerprint density at radius 1 is 1.00 bits per heavy atom. The van der Waals surface area contributed by atoms with Gasteiger partial charge in [-0.1, -0.05) is 17.3 Å². The van der Waals surface area contributed by atoms with Crippen LogP contribution in [0.5, 0.6) is 0 Å². The Kier molecular flexibility index (Phi) is 5.49. The Hall–Kier alpha value is -4.30. The highest BCUT2D eigenvalue weighted by atomic mass is 32.2. The van der Waals surface area contributed by atoms with E-state index in [4.69, 9.17) is 9.66 Å². The highest BCUT2D eigenvalue weighted by Gasteiger charge is 2.30. The summed E-state index contributed by atoms with van der Waals surface area (Å²) in [5.74, 6) is 0.266. The molecule has 5 aromatic rings. The van der Waals surface area contributed by atoms with Crippen LogP contribution in [0.15, 0.2) is 76.5 Å². The molecule has 36 heavy (non-hydrogen) atoms. The van der Waals surface area contributed by atoms with Crippen molar-refractivity contribution in [2.45, 2.75) is 11.1 Å². The second kappa shape index (κ2) is 8.42.